The summed E-state index contributed by atoms with van der Waals surface area (Å²) in [7, 11) is 0. The van der Waals surface area contributed by atoms with Crippen LogP contribution in [0.15, 0.2) is 71.2 Å². The summed E-state index contributed by atoms with van der Waals surface area (Å²) in [6, 6.07) is 14.6. The lowest BCUT2D eigenvalue weighted by atomic mass is 10.1. The summed E-state index contributed by atoms with van der Waals surface area (Å²) in [5, 5.41) is 4.60. The second kappa shape index (κ2) is 8.60. The number of benzene rings is 2. The van der Waals surface area contributed by atoms with Crippen molar-refractivity contribution in [3.63, 3.8) is 0 Å². The molecule has 0 aliphatic carbocycles. The molecule has 0 radical (unpaired) electrons. The van der Waals surface area contributed by atoms with Gasteiger partial charge in [-0.15, -0.1) is 0 Å². The predicted molar refractivity (Wildman–Crippen MR) is 114 cm³/mol. The van der Waals surface area contributed by atoms with Gasteiger partial charge >= 0.3 is 0 Å². The van der Waals surface area contributed by atoms with E-state index in [0.29, 0.717) is 16.4 Å². The van der Waals surface area contributed by atoms with Gasteiger partial charge in [-0.25, -0.2) is 5.84 Å². The van der Waals surface area contributed by atoms with Crippen LogP contribution in [0.3, 0.4) is 0 Å². The van der Waals surface area contributed by atoms with E-state index in [9.17, 15) is 9.59 Å². The van der Waals surface area contributed by atoms with Crippen LogP contribution in [0, 0.1) is 0 Å². The molecule has 0 saturated carbocycles. The zero-order valence-corrected chi connectivity index (χ0v) is 17.2. The maximum Gasteiger partial charge on any atom is 0.255 e. The minimum Gasteiger partial charge on any atom is -0.337 e. The van der Waals surface area contributed by atoms with Crippen molar-refractivity contribution in [3.8, 4) is 0 Å². The monoisotopic (exact) mass is 460 g/mol. The molecule has 28 heavy (non-hydrogen) atoms. The Morgan fingerprint density at radius 3 is 2.68 bits per heavy atom. The van der Waals surface area contributed by atoms with Crippen molar-refractivity contribution in [3.05, 3.63) is 81.8 Å². The number of hydrazine groups is 1. The van der Waals surface area contributed by atoms with Gasteiger partial charge in [0.2, 0.25) is 5.91 Å². The summed E-state index contributed by atoms with van der Waals surface area (Å²) < 4.78 is 0.863. The van der Waals surface area contributed by atoms with Crippen LogP contribution in [-0.4, -0.2) is 29.9 Å². The third-order valence-corrected chi connectivity index (χ3v) is 4.87. The second-order valence-electron chi connectivity index (χ2n) is 6.18. The summed E-state index contributed by atoms with van der Waals surface area (Å²) in [4.78, 5) is 25.4. The largest absolute Gasteiger partial charge is 0.337 e. The average molecular weight is 462 g/mol. The molecule has 3 rings (SSSR count). The van der Waals surface area contributed by atoms with Crippen LogP contribution in [0.2, 0.25) is 5.02 Å². The molecule has 1 heterocycles. The average Bonchev–Trinajstić information content (AvgIpc) is 3.11. The Kier molecular flexibility index (Phi) is 6.18. The highest BCUT2D eigenvalue weighted by molar-refractivity contribution is 9.10. The number of nitrogens with one attached hydrogen (secondary N) is 1. The number of rotatable bonds is 5. The number of nitrogens with two attached hydrogens (primary N) is 1. The van der Waals surface area contributed by atoms with E-state index in [1.54, 1.807) is 24.3 Å². The summed E-state index contributed by atoms with van der Waals surface area (Å²) in [5.41, 5.74) is 2.17. The molecule has 0 spiro atoms. The van der Waals surface area contributed by atoms with Gasteiger partial charge in [0.15, 0.2) is 0 Å². The molecule has 0 atom stereocenters. The molecule has 2 aromatic carbocycles. The lowest BCUT2D eigenvalue weighted by Crippen LogP contribution is -2.32. The molecular weight excluding hydrogens is 444 g/mol. The van der Waals surface area contributed by atoms with E-state index in [1.165, 1.54) is 9.91 Å². The minimum absolute atomic E-state index is 0.0101. The van der Waals surface area contributed by atoms with Crippen LogP contribution in [-0.2, 0) is 9.59 Å². The van der Waals surface area contributed by atoms with Crippen LogP contribution in [0.1, 0.15) is 5.56 Å². The highest BCUT2D eigenvalue weighted by Crippen LogP contribution is 2.28. The zero-order chi connectivity index (χ0) is 20.3. The first-order chi connectivity index (χ1) is 13.3. The van der Waals surface area contributed by atoms with Gasteiger partial charge in [0.05, 0.1) is 18.1 Å². The van der Waals surface area contributed by atoms with Gasteiger partial charge in [0, 0.05) is 20.6 Å². The van der Waals surface area contributed by atoms with Crippen LogP contribution < -0.4 is 16.2 Å². The van der Waals surface area contributed by atoms with Crippen molar-refractivity contribution in [1.82, 2.24) is 10.2 Å². The second-order valence-corrected chi connectivity index (χ2v) is 7.53. The van der Waals surface area contributed by atoms with E-state index in [4.69, 9.17) is 17.4 Å². The Morgan fingerprint density at radius 1 is 1.29 bits per heavy atom. The smallest absolute Gasteiger partial charge is 0.255 e. The molecule has 8 heteroatoms. The fourth-order valence-electron chi connectivity index (χ4n) is 2.75. The van der Waals surface area contributed by atoms with E-state index >= 15 is 0 Å². The van der Waals surface area contributed by atoms with Crippen LogP contribution in [0.5, 0.6) is 0 Å². The molecule has 0 bridgehead atoms. The van der Waals surface area contributed by atoms with E-state index in [-0.39, 0.29) is 30.6 Å². The standard InChI is InChI=1S/C20H18BrClN4O2/c1-13(20(28)25-11-19(27)24-12-25)8-18(14-4-2-6-16(22)9-14)26(23)17-7-3-5-15(21)10-17/h2-10H,1,11-12,23H2,(H,24,27)/b18-8-. The third kappa shape index (κ3) is 4.62. The van der Waals surface area contributed by atoms with Crippen LogP contribution in [0.4, 0.5) is 5.69 Å². The topological polar surface area (TPSA) is 78.7 Å². The molecule has 2 aromatic rings. The lowest BCUT2D eigenvalue weighted by molar-refractivity contribution is -0.127. The van der Waals surface area contributed by atoms with Crippen molar-refractivity contribution in [1.29, 1.82) is 0 Å². The summed E-state index contributed by atoms with van der Waals surface area (Å²) in [6.07, 6.45) is 1.59. The highest BCUT2D eigenvalue weighted by atomic mass is 79.9. The Bertz CT molecular complexity index is 976. The fraction of sp³-hybridized carbons (Fsp3) is 0.100. The van der Waals surface area contributed by atoms with Gasteiger partial charge in [-0.2, -0.15) is 0 Å². The van der Waals surface area contributed by atoms with Crippen LogP contribution >= 0.6 is 27.5 Å². The Labute approximate surface area is 176 Å². The van der Waals surface area contributed by atoms with Crippen LogP contribution in [0.25, 0.3) is 5.70 Å². The first-order valence-electron chi connectivity index (χ1n) is 8.38. The molecule has 2 amide bonds. The molecule has 1 aliphatic rings. The maximum atomic E-state index is 12.6. The SMILES string of the molecule is C=C(/C=C(/c1cccc(Cl)c1)N(N)c1cccc(Br)c1)C(=O)N1CNC(=O)C1. The molecule has 1 fully saturated rings. The van der Waals surface area contributed by atoms with Crippen molar-refractivity contribution in [2.75, 3.05) is 18.2 Å². The fourth-order valence-corrected chi connectivity index (χ4v) is 3.32. The normalized spacial score (nSPS) is 14.0. The highest BCUT2D eigenvalue weighted by Gasteiger charge is 2.25. The summed E-state index contributed by atoms with van der Waals surface area (Å²) in [5.74, 6) is 5.84. The van der Waals surface area contributed by atoms with E-state index in [2.05, 4.69) is 27.8 Å². The maximum absolute atomic E-state index is 12.6. The first kappa shape index (κ1) is 20.1. The molecule has 0 unspecified atom stereocenters. The zero-order valence-electron chi connectivity index (χ0n) is 14.9. The predicted octanol–water partition coefficient (Wildman–Crippen LogP) is 3.30. The summed E-state index contributed by atoms with van der Waals surface area (Å²) in [6.45, 7) is 4.05. The lowest BCUT2D eigenvalue weighted by Gasteiger charge is -2.24. The molecule has 3 N–H and O–H groups in total. The van der Waals surface area contributed by atoms with Crippen molar-refractivity contribution < 1.29 is 9.59 Å². The van der Waals surface area contributed by atoms with Gasteiger partial charge in [0.25, 0.3) is 5.91 Å². The molecular formula is C20H18BrClN4O2. The number of hydrogen-bond donors (Lipinski definition) is 2. The number of nitrogens with zero attached hydrogens (tertiary/aromatic N) is 2. The van der Waals surface area contributed by atoms with Gasteiger partial charge in [-0.3, -0.25) is 14.6 Å². The van der Waals surface area contributed by atoms with E-state index in [1.807, 2.05) is 30.3 Å². The quantitative estimate of drug-likeness (QED) is 0.310. The van der Waals surface area contributed by atoms with Crippen molar-refractivity contribution >= 4 is 50.7 Å². The first-order valence-corrected chi connectivity index (χ1v) is 9.55. The number of hydrogen-bond acceptors (Lipinski definition) is 4. The van der Waals surface area contributed by atoms with Gasteiger partial charge in [-0.1, -0.05) is 52.3 Å². The van der Waals surface area contributed by atoms with Crippen molar-refractivity contribution in [2.24, 2.45) is 5.84 Å². The Balaban J connectivity index is 1.98. The number of anilines is 1. The van der Waals surface area contributed by atoms with Gasteiger partial charge < -0.3 is 10.2 Å². The summed E-state index contributed by atoms with van der Waals surface area (Å²) >= 11 is 9.58. The molecule has 6 nitrogen and oxygen atoms in total. The van der Waals surface area contributed by atoms with E-state index < -0.39 is 0 Å². The number of carbonyl (C=O) groups is 2. The Morgan fingerprint density at radius 2 is 2.04 bits per heavy atom. The molecule has 1 saturated heterocycles. The van der Waals surface area contributed by atoms with Gasteiger partial charge in [0.1, 0.15) is 6.54 Å². The molecule has 0 aromatic heterocycles. The molecule has 144 valence electrons. The van der Waals surface area contributed by atoms with Crippen molar-refractivity contribution in [2.45, 2.75) is 0 Å². The van der Waals surface area contributed by atoms with Gasteiger partial charge in [-0.05, 0) is 36.4 Å². The number of halogens is 2. The van der Waals surface area contributed by atoms with E-state index in [0.717, 1.165) is 10.0 Å². The Hall–Kier alpha value is -2.61. The minimum atomic E-state index is -0.347. The third-order valence-electron chi connectivity index (χ3n) is 4.14. The number of carbonyl (C=O) groups excluding carboxylic acids is 2. The molecule has 1 aliphatic heterocycles. The number of amides is 2.